The van der Waals surface area contributed by atoms with Crippen molar-refractivity contribution < 1.29 is 19.1 Å². The van der Waals surface area contributed by atoms with Crippen LogP contribution in [0.5, 0.6) is 0 Å². The van der Waals surface area contributed by atoms with Gasteiger partial charge < -0.3 is 14.4 Å². The number of hydrogen-bond acceptors (Lipinski definition) is 4. The highest BCUT2D eigenvalue weighted by Gasteiger charge is 2.29. The molecule has 5 nitrogen and oxygen atoms in total. The van der Waals surface area contributed by atoms with Crippen LogP contribution in [0.4, 0.5) is 4.79 Å². The minimum Gasteiger partial charge on any atom is -0.465 e. The first-order chi connectivity index (χ1) is 8.33. The third kappa shape index (κ3) is 4.55. The molecule has 1 aliphatic rings. The normalized spacial score (nSPS) is 24.2. The Morgan fingerprint density at radius 2 is 1.78 bits per heavy atom. The van der Waals surface area contributed by atoms with Gasteiger partial charge in [-0.05, 0) is 46.5 Å². The van der Waals surface area contributed by atoms with Crippen LogP contribution in [0, 0.1) is 0 Å². The van der Waals surface area contributed by atoms with Gasteiger partial charge in [0.2, 0.25) is 0 Å². The lowest BCUT2D eigenvalue weighted by Crippen LogP contribution is -2.43. The number of carbonyl (C=O) groups is 2. The molecule has 0 heterocycles. The van der Waals surface area contributed by atoms with Crippen LogP contribution in [-0.2, 0) is 14.3 Å². The summed E-state index contributed by atoms with van der Waals surface area (Å²) in [5.41, 5.74) is -0.469. The molecule has 0 N–H and O–H groups in total. The lowest BCUT2D eigenvalue weighted by Gasteiger charge is -2.34. The number of hydrogen-bond donors (Lipinski definition) is 0. The summed E-state index contributed by atoms with van der Waals surface area (Å²) in [5.74, 6) is 0. The molecule has 1 saturated carbocycles. The second-order valence-corrected chi connectivity index (χ2v) is 5.75. The van der Waals surface area contributed by atoms with E-state index in [2.05, 4.69) is 0 Å². The van der Waals surface area contributed by atoms with Gasteiger partial charge in [0, 0.05) is 13.1 Å². The van der Waals surface area contributed by atoms with Gasteiger partial charge in [-0.15, -0.1) is 0 Å². The first-order valence-electron chi connectivity index (χ1n) is 6.38. The Bertz CT molecular complexity index is 290. The highest BCUT2D eigenvalue weighted by Crippen LogP contribution is 2.25. The number of carbonyl (C=O) groups excluding carboxylic acids is 2. The standard InChI is InChI=1S/C13H23NO4/c1-13(2,3)18-12(16)14(4)10-5-7-11(8-6-10)17-9-15/h9-11H,5-8H2,1-4H3. The Hall–Kier alpha value is -1.26. The SMILES string of the molecule is CN(C(=O)OC(C)(C)C)C1CCC(OC=O)CC1. The van der Waals surface area contributed by atoms with Gasteiger partial charge in [-0.3, -0.25) is 4.79 Å². The van der Waals surface area contributed by atoms with Crippen LogP contribution in [0.25, 0.3) is 0 Å². The average Bonchev–Trinajstić information content (AvgIpc) is 2.27. The molecule has 1 amide bonds. The van der Waals surface area contributed by atoms with Crippen molar-refractivity contribution in [3.8, 4) is 0 Å². The van der Waals surface area contributed by atoms with E-state index >= 15 is 0 Å². The van der Waals surface area contributed by atoms with Gasteiger partial charge in [-0.1, -0.05) is 0 Å². The van der Waals surface area contributed by atoms with E-state index in [4.69, 9.17) is 9.47 Å². The molecule has 0 saturated heterocycles. The molecule has 0 aromatic heterocycles. The molecule has 18 heavy (non-hydrogen) atoms. The molecule has 0 aliphatic heterocycles. The summed E-state index contributed by atoms with van der Waals surface area (Å²) in [6.45, 7) is 6.07. The average molecular weight is 257 g/mol. The Morgan fingerprint density at radius 3 is 2.22 bits per heavy atom. The van der Waals surface area contributed by atoms with E-state index in [0.717, 1.165) is 25.7 Å². The summed E-state index contributed by atoms with van der Waals surface area (Å²) in [6.07, 6.45) is 3.00. The van der Waals surface area contributed by atoms with Gasteiger partial charge in [0.15, 0.2) is 0 Å². The molecule has 0 atom stereocenters. The van der Waals surface area contributed by atoms with Crippen LogP contribution in [0.3, 0.4) is 0 Å². The zero-order valence-electron chi connectivity index (χ0n) is 11.6. The van der Waals surface area contributed by atoms with E-state index in [1.807, 2.05) is 20.8 Å². The van der Waals surface area contributed by atoms with Crippen LogP contribution in [0.1, 0.15) is 46.5 Å². The lowest BCUT2D eigenvalue weighted by atomic mass is 9.92. The highest BCUT2D eigenvalue weighted by atomic mass is 16.6. The van der Waals surface area contributed by atoms with Crippen molar-refractivity contribution in [1.82, 2.24) is 4.90 Å². The minimum atomic E-state index is -0.469. The Morgan fingerprint density at radius 1 is 1.22 bits per heavy atom. The highest BCUT2D eigenvalue weighted by molar-refractivity contribution is 5.68. The summed E-state index contributed by atoms with van der Waals surface area (Å²) in [4.78, 5) is 23.8. The van der Waals surface area contributed by atoms with E-state index < -0.39 is 5.60 Å². The summed E-state index contributed by atoms with van der Waals surface area (Å²) in [7, 11) is 1.76. The maximum atomic E-state index is 11.9. The topological polar surface area (TPSA) is 55.8 Å². The first kappa shape index (κ1) is 14.8. The fraction of sp³-hybridized carbons (Fsp3) is 0.846. The number of nitrogens with zero attached hydrogens (tertiary/aromatic N) is 1. The quantitative estimate of drug-likeness (QED) is 0.728. The molecule has 104 valence electrons. The molecule has 5 heteroatoms. The molecule has 0 unspecified atom stereocenters. The van der Waals surface area contributed by atoms with Crippen molar-refractivity contribution in [1.29, 1.82) is 0 Å². The largest absolute Gasteiger partial charge is 0.465 e. The Balaban J connectivity index is 2.42. The van der Waals surface area contributed by atoms with Gasteiger partial charge in [0.1, 0.15) is 11.7 Å². The van der Waals surface area contributed by atoms with Gasteiger partial charge >= 0.3 is 6.09 Å². The molecule has 0 radical (unpaired) electrons. The van der Waals surface area contributed by atoms with Crippen LogP contribution in [0.2, 0.25) is 0 Å². The van der Waals surface area contributed by atoms with Gasteiger partial charge in [-0.25, -0.2) is 4.79 Å². The second kappa shape index (κ2) is 6.07. The molecule has 0 aromatic rings. The van der Waals surface area contributed by atoms with Crippen molar-refractivity contribution in [3.05, 3.63) is 0 Å². The van der Waals surface area contributed by atoms with Crippen LogP contribution in [-0.4, -0.2) is 42.3 Å². The van der Waals surface area contributed by atoms with Gasteiger partial charge in [-0.2, -0.15) is 0 Å². The monoisotopic (exact) mass is 257 g/mol. The molecule has 0 bridgehead atoms. The fourth-order valence-corrected chi connectivity index (χ4v) is 2.13. The van der Waals surface area contributed by atoms with E-state index in [1.54, 1.807) is 11.9 Å². The summed E-state index contributed by atoms with van der Waals surface area (Å²) in [6, 6.07) is 0.173. The molecular weight excluding hydrogens is 234 g/mol. The van der Waals surface area contributed by atoms with Crippen LogP contribution < -0.4 is 0 Å². The molecule has 0 spiro atoms. The minimum absolute atomic E-state index is 0.00536. The Labute approximate surface area is 108 Å². The van der Waals surface area contributed by atoms with Crippen molar-refractivity contribution >= 4 is 12.6 Å². The third-order valence-corrected chi connectivity index (χ3v) is 3.12. The third-order valence-electron chi connectivity index (χ3n) is 3.12. The molecule has 1 rings (SSSR count). The predicted octanol–water partition coefficient (Wildman–Crippen LogP) is 2.34. The van der Waals surface area contributed by atoms with E-state index in [9.17, 15) is 9.59 Å². The summed E-state index contributed by atoms with van der Waals surface area (Å²) in [5, 5.41) is 0. The van der Waals surface area contributed by atoms with Crippen molar-refractivity contribution in [3.63, 3.8) is 0 Å². The number of ether oxygens (including phenoxy) is 2. The maximum absolute atomic E-state index is 11.9. The number of amides is 1. The lowest BCUT2D eigenvalue weighted by molar-refractivity contribution is -0.135. The van der Waals surface area contributed by atoms with E-state index in [0.29, 0.717) is 6.47 Å². The van der Waals surface area contributed by atoms with Crippen LogP contribution >= 0.6 is 0 Å². The Kier molecular flexibility index (Phi) is 4.99. The van der Waals surface area contributed by atoms with Gasteiger partial charge in [0.05, 0.1) is 0 Å². The molecule has 0 aromatic carbocycles. The summed E-state index contributed by atoms with van der Waals surface area (Å²) >= 11 is 0. The molecular formula is C13H23NO4. The maximum Gasteiger partial charge on any atom is 0.410 e. The number of rotatable bonds is 3. The second-order valence-electron chi connectivity index (χ2n) is 5.75. The first-order valence-corrected chi connectivity index (χ1v) is 6.38. The fourth-order valence-electron chi connectivity index (χ4n) is 2.13. The zero-order chi connectivity index (χ0) is 13.8. The molecule has 1 aliphatic carbocycles. The smallest absolute Gasteiger partial charge is 0.410 e. The molecule has 1 fully saturated rings. The van der Waals surface area contributed by atoms with Crippen molar-refractivity contribution in [2.24, 2.45) is 0 Å². The van der Waals surface area contributed by atoms with E-state index in [1.165, 1.54) is 0 Å². The van der Waals surface area contributed by atoms with Crippen molar-refractivity contribution in [2.75, 3.05) is 7.05 Å². The predicted molar refractivity (Wildman–Crippen MR) is 67.2 cm³/mol. The summed E-state index contributed by atoms with van der Waals surface area (Å²) < 4.78 is 10.3. The van der Waals surface area contributed by atoms with Crippen molar-refractivity contribution in [2.45, 2.75) is 64.2 Å². The van der Waals surface area contributed by atoms with Crippen LogP contribution in [0.15, 0.2) is 0 Å². The van der Waals surface area contributed by atoms with Gasteiger partial charge in [0.25, 0.3) is 6.47 Å². The zero-order valence-corrected chi connectivity index (χ0v) is 11.6. The van der Waals surface area contributed by atoms with E-state index in [-0.39, 0.29) is 18.2 Å².